The zero-order chi connectivity index (χ0) is 20.1. The van der Waals surface area contributed by atoms with Gasteiger partial charge in [0.25, 0.3) is 0 Å². The van der Waals surface area contributed by atoms with E-state index >= 15 is 0 Å². The molecule has 5 nitrogen and oxygen atoms in total. The van der Waals surface area contributed by atoms with Crippen LogP contribution in [0.4, 0.5) is 16.2 Å². The van der Waals surface area contributed by atoms with E-state index in [1.54, 1.807) is 0 Å². The van der Waals surface area contributed by atoms with E-state index in [0.29, 0.717) is 0 Å². The van der Waals surface area contributed by atoms with Crippen LogP contribution in [0.3, 0.4) is 0 Å². The van der Waals surface area contributed by atoms with Crippen LogP contribution in [0.5, 0.6) is 0 Å². The molecule has 0 bridgehead atoms. The summed E-state index contributed by atoms with van der Waals surface area (Å²) in [6.07, 6.45) is 5.14. The van der Waals surface area contributed by atoms with Crippen LogP contribution in [-0.2, 0) is 12.0 Å². The van der Waals surface area contributed by atoms with Gasteiger partial charge in [0.2, 0.25) is 0 Å². The van der Waals surface area contributed by atoms with Crippen LogP contribution in [0.15, 0.2) is 48.5 Å². The molecule has 2 aliphatic heterocycles. The zero-order valence-electron chi connectivity index (χ0n) is 17.4. The molecule has 1 aliphatic carbocycles. The van der Waals surface area contributed by atoms with Crippen LogP contribution in [0, 0.1) is 0 Å². The van der Waals surface area contributed by atoms with Crippen molar-refractivity contribution in [1.29, 1.82) is 0 Å². The molecule has 2 N–H and O–H groups in total. The third-order valence-electron chi connectivity index (χ3n) is 7.39. The summed E-state index contributed by atoms with van der Waals surface area (Å²) in [5.74, 6) is 0. The summed E-state index contributed by atoms with van der Waals surface area (Å²) in [6, 6.07) is 17.3. The first-order valence-corrected chi connectivity index (χ1v) is 10.7. The molecule has 3 aliphatic rings. The smallest absolute Gasteiger partial charge is 0.322 e. The van der Waals surface area contributed by atoms with Crippen molar-refractivity contribution in [1.82, 2.24) is 10.2 Å². The molecule has 2 heterocycles. The second kappa shape index (κ2) is 6.77. The molecular formula is C24H30N4O. The third kappa shape index (κ3) is 2.99. The fraction of sp³-hybridized carbons (Fsp3) is 0.458. The van der Waals surface area contributed by atoms with Crippen LogP contribution >= 0.6 is 0 Å². The quantitative estimate of drug-likeness (QED) is 0.834. The van der Waals surface area contributed by atoms with Crippen LogP contribution < -0.4 is 15.5 Å². The molecule has 1 saturated carbocycles. The van der Waals surface area contributed by atoms with Gasteiger partial charge in [0.15, 0.2) is 0 Å². The number of hydrogen-bond donors (Lipinski definition) is 2. The maximum absolute atomic E-state index is 12.9. The minimum Gasteiger partial charge on any atom is -0.384 e. The summed E-state index contributed by atoms with van der Waals surface area (Å²) in [6.45, 7) is 1.74. The Hall–Kier alpha value is -2.53. The number of anilines is 2. The number of rotatable bonds is 3. The van der Waals surface area contributed by atoms with Crippen LogP contribution in [0.1, 0.15) is 36.8 Å². The van der Waals surface area contributed by atoms with Crippen molar-refractivity contribution in [2.45, 2.75) is 43.2 Å². The van der Waals surface area contributed by atoms with Crippen molar-refractivity contribution in [2.75, 3.05) is 37.4 Å². The topological polar surface area (TPSA) is 47.6 Å². The number of carbonyl (C=O) groups excluding carboxylic acids is 1. The Labute approximate surface area is 173 Å². The normalized spacial score (nSPS) is 28.5. The first-order chi connectivity index (χ1) is 14.0. The summed E-state index contributed by atoms with van der Waals surface area (Å²) in [5.41, 5.74) is 4.82. The lowest BCUT2D eigenvalue weighted by Gasteiger charge is -2.48. The number of hydrogen-bond acceptors (Lipinski definition) is 3. The van der Waals surface area contributed by atoms with Gasteiger partial charge in [0.05, 0.1) is 12.1 Å². The lowest BCUT2D eigenvalue weighted by molar-refractivity contribution is 0.0658. The largest absolute Gasteiger partial charge is 0.384 e. The van der Waals surface area contributed by atoms with Crippen molar-refractivity contribution in [2.24, 2.45) is 0 Å². The Morgan fingerprint density at radius 2 is 1.76 bits per heavy atom. The monoisotopic (exact) mass is 390 g/mol. The van der Waals surface area contributed by atoms with Gasteiger partial charge in [-0.15, -0.1) is 0 Å². The molecule has 0 radical (unpaired) electrons. The van der Waals surface area contributed by atoms with Gasteiger partial charge in [-0.3, -0.25) is 9.80 Å². The zero-order valence-corrected chi connectivity index (χ0v) is 17.4. The highest BCUT2D eigenvalue weighted by Gasteiger charge is 2.50. The molecule has 2 fully saturated rings. The maximum Gasteiger partial charge on any atom is 0.322 e. The van der Waals surface area contributed by atoms with Crippen molar-refractivity contribution in [3.8, 4) is 0 Å². The average molecular weight is 391 g/mol. The number of amides is 2. The van der Waals surface area contributed by atoms with E-state index in [0.717, 1.165) is 50.9 Å². The number of benzene rings is 2. The van der Waals surface area contributed by atoms with Gasteiger partial charge in [-0.05, 0) is 69.5 Å². The SMILES string of the molecule is CN(C)[C@]1(c2ccccc2)CC[C@@]2(CC1)CN(c1ccc3c(c1)NCC3)C(=O)N2. The van der Waals surface area contributed by atoms with Gasteiger partial charge >= 0.3 is 6.03 Å². The molecule has 0 atom stereocenters. The van der Waals surface area contributed by atoms with Crippen molar-refractivity contribution in [3.63, 3.8) is 0 Å². The van der Waals surface area contributed by atoms with Gasteiger partial charge < -0.3 is 10.6 Å². The lowest BCUT2D eigenvalue weighted by Crippen LogP contribution is -2.54. The van der Waals surface area contributed by atoms with Gasteiger partial charge in [0.1, 0.15) is 0 Å². The molecule has 29 heavy (non-hydrogen) atoms. The molecular weight excluding hydrogens is 360 g/mol. The predicted octanol–water partition coefficient (Wildman–Crippen LogP) is 3.95. The number of nitrogens with one attached hydrogen (secondary N) is 2. The Morgan fingerprint density at radius 3 is 2.48 bits per heavy atom. The molecule has 2 aromatic carbocycles. The summed E-state index contributed by atoms with van der Waals surface area (Å²) >= 11 is 0. The third-order valence-corrected chi connectivity index (χ3v) is 7.39. The van der Waals surface area contributed by atoms with E-state index in [1.165, 1.54) is 16.8 Å². The minimum absolute atomic E-state index is 0.0417. The van der Waals surface area contributed by atoms with Crippen LogP contribution in [0.2, 0.25) is 0 Å². The molecule has 2 aromatic rings. The fourth-order valence-corrected chi connectivity index (χ4v) is 5.53. The fourth-order valence-electron chi connectivity index (χ4n) is 5.53. The Kier molecular flexibility index (Phi) is 4.32. The first-order valence-electron chi connectivity index (χ1n) is 10.7. The Morgan fingerprint density at radius 1 is 1.00 bits per heavy atom. The molecule has 1 spiro atoms. The van der Waals surface area contributed by atoms with Gasteiger partial charge in [-0.25, -0.2) is 4.79 Å². The molecule has 152 valence electrons. The highest BCUT2D eigenvalue weighted by atomic mass is 16.2. The standard InChI is InChI=1S/C24H30N4O/c1-27(2)24(19-6-4-3-5-7-19)13-11-23(12-14-24)17-28(22(29)26-23)20-9-8-18-10-15-25-21(18)16-20/h3-9,16,25H,10-15,17H2,1-2H3,(H,26,29)/t23-,24-. The van der Waals surface area contributed by atoms with E-state index in [1.807, 2.05) is 4.90 Å². The molecule has 0 aromatic heterocycles. The van der Waals surface area contributed by atoms with E-state index in [2.05, 4.69) is 78.2 Å². The van der Waals surface area contributed by atoms with Crippen molar-refractivity contribution in [3.05, 3.63) is 59.7 Å². The predicted molar refractivity (Wildman–Crippen MR) is 118 cm³/mol. The number of nitrogens with zero attached hydrogens (tertiary/aromatic N) is 2. The second-order valence-corrected chi connectivity index (χ2v) is 9.11. The lowest BCUT2D eigenvalue weighted by atomic mass is 9.69. The average Bonchev–Trinajstić information content (AvgIpc) is 3.33. The Bertz CT molecular complexity index is 916. The molecule has 5 heteroatoms. The minimum atomic E-state index is -0.127. The van der Waals surface area contributed by atoms with Gasteiger partial charge in [-0.2, -0.15) is 0 Å². The van der Waals surface area contributed by atoms with Crippen LogP contribution in [-0.4, -0.2) is 43.7 Å². The highest BCUT2D eigenvalue weighted by Crippen LogP contribution is 2.46. The summed E-state index contributed by atoms with van der Waals surface area (Å²) in [7, 11) is 4.37. The molecule has 0 unspecified atom stereocenters. The van der Waals surface area contributed by atoms with Crippen LogP contribution in [0.25, 0.3) is 0 Å². The maximum atomic E-state index is 12.9. The highest BCUT2D eigenvalue weighted by molar-refractivity contribution is 5.96. The summed E-state index contributed by atoms with van der Waals surface area (Å²) in [4.78, 5) is 17.2. The van der Waals surface area contributed by atoms with Crippen molar-refractivity contribution < 1.29 is 4.79 Å². The first kappa shape index (κ1) is 18.5. The van der Waals surface area contributed by atoms with E-state index in [9.17, 15) is 4.79 Å². The number of fused-ring (bicyclic) bond motifs is 1. The molecule has 1 saturated heterocycles. The van der Waals surface area contributed by atoms with E-state index in [4.69, 9.17) is 0 Å². The van der Waals surface area contributed by atoms with Gasteiger partial charge in [-0.1, -0.05) is 36.4 Å². The number of carbonyl (C=O) groups is 1. The van der Waals surface area contributed by atoms with E-state index < -0.39 is 0 Å². The molecule has 5 rings (SSSR count). The van der Waals surface area contributed by atoms with E-state index in [-0.39, 0.29) is 17.1 Å². The number of urea groups is 1. The van der Waals surface area contributed by atoms with Gasteiger partial charge in [0, 0.05) is 23.5 Å². The summed E-state index contributed by atoms with van der Waals surface area (Å²) in [5, 5.41) is 6.79. The van der Waals surface area contributed by atoms with Crippen molar-refractivity contribution >= 4 is 17.4 Å². The molecule has 2 amide bonds. The second-order valence-electron chi connectivity index (χ2n) is 9.11. The summed E-state index contributed by atoms with van der Waals surface area (Å²) < 4.78 is 0. The Balaban J connectivity index is 1.36.